The highest BCUT2D eigenvalue weighted by Crippen LogP contribution is 2.29. The molecule has 1 saturated carbocycles. The number of rotatable bonds is 6. The van der Waals surface area contributed by atoms with E-state index in [0.29, 0.717) is 25.4 Å². The zero-order valence-electron chi connectivity index (χ0n) is 11.2. The van der Waals surface area contributed by atoms with Crippen LogP contribution in [0.2, 0.25) is 0 Å². The van der Waals surface area contributed by atoms with Crippen molar-refractivity contribution in [3.05, 3.63) is 0 Å². The monoisotopic (exact) mass is 304 g/mol. The van der Waals surface area contributed by atoms with Crippen LogP contribution in [-0.2, 0) is 14.6 Å². The van der Waals surface area contributed by atoms with Gasteiger partial charge in [-0.2, -0.15) is 0 Å². The predicted octanol–water partition coefficient (Wildman–Crippen LogP) is -0.0727. The van der Waals surface area contributed by atoms with E-state index in [-0.39, 0.29) is 24.0 Å². The molecule has 114 valence electrons. The maximum atomic E-state index is 12.0. The number of hydrogen-bond donors (Lipinski definition) is 2. The highest BCUT2D eigenvalue weighted by atomic mass is 32.2. The van der Waals surface area contributed by atoms with Crippen molar-refractivity contribution in [1.82, 2.24) is 10.2 Å². The Kier molecular flexibility index (Phi) is 4.52. The summed E-state index contributed by atoms with van der Waals surface area (Å²) in [6, 6.07) is -0.413. The molecule has 7 nitrogen and oxygen atoms in total. The molecule has 0 aromatic heterocycles. The number of nitrogens with one attached hydrogen (secondary N) is 1. The average Bonchev–Trinajstić information content (AvgIpc) is 3.08. The van der Waals surface area contributed by atoms with Gasteiger partial charge in [0.05, 0.1) is 11.5 Å². The van der Waals surface area contributed by atoms with Crippen LogP contribution in [0.4, 0.5) is 4.79 Å². The van der Waals surface area contributed by atoms with Gasteiger partial charge in [-0.1, -0.05) is 0 Å². The van der Waals surface area contributed by atoms with Gasteiger partial charge in [0.25, 0.3) is 0 Å². The summed E-state index contributed by atoms with van der Waals surface area (Å²) in [6.45, 7) is 0.436. The minimum absolute atomic E-state index is 0.0587. The minimum Gasteiger partial charge on any atom is -0.480 e. The third kappa shape index (κ3) is 4.66. The van der Waals surface area contributed by atoms with Gasteiger partial charge in [0.2, 0.25) is 0 Å². The topological polar surface area (TPSA) is 104 Å². The maximum Gasteiger partial charge on any atom is 0.323 e. The van der Waals surface area contributed by atoms with Gasteiger partial charge in [-0.05, 0) is 31.1 Å². The molecule has 2 amide bonds. The van der Waals surface area contributed by atoms with Crippen LogP contribution in [0.3, 0.4) is 0 Å². The standard InChI is InChI=1S/C12H20N2O5S/c15-11(16)7-14(6-9-1-2-9)12(17)13-5-10-3-4-20(18,19)8-10/h9-10H,1-8H2,(H,13,17)(H,15,16). The lowest BCUT2D eigenvalue weighted by molar-refractivity contribution is -0.137. The van der Waals surface area contributed by atoms with Crippen LogP contribution in [0.1, 0.15) is 19.3 Å². The second kappa shape index (κ2) is 5.99. The number of carbonyl (C=O) groups excluding carboxylic acids is 1. The van der Waals surface area contributed by atoms with Crippen molar-refractivity contribution in [2.75, 3.05) is 31.1 Å². The molecule has 0 radical (unpaired) electrons. The molecule has 8 heteroatoms. The first-order valence-electron chi connectivity index (χ1n) is 6.81. The molecule has 1 aliphatic carbocycles. The Morgan fingerprint density at radius 1 is 1.20 bits per heavy atom. The molecule has 1 atom stereocenters. The first-order valence-corrected chi connectivity index (χ1v) is 8.63. The number of carbonyl (C=O) groups is 2. The lowest BCUT2D eigenvalue weighted by Crippen LogP contribution is -2.45. The third-order valence-electron chi connectivity index (χ3n) is 3.66. The molecule has 2 aliphatic rings. The highest BCUT2D eigenvalue weighted by molar-refractivity contribution is 7.91. The molecular weight excluding hydrogens is 284 g/mol. The number of aliphatic carboxylic acids is 1. The number of sulfone groups is 1. The molecule has 0 aromatic rings. The molecule has 20 heavy (non-hydrogen) atoms. The summed E-state index contributed by atoms with van der Waals surface area (Å²) in [4.78, 5) is 24.0. The fourth-order valence-electron chi connectivity index (χ4n) is 2.37. The van der Waals surface area contributed by atoms with E-state index < -0.39 is 21.8 Å². The summed E-state index contributed by atoms with van der Waals surface area (Å²) in [6.07, 6.45) is 2.62. The largest absolute Gasteiger partial charge is 0.480 e. The van der Waals surface area contributed by atoms with Gasteiger partial charge in [0, 0.05) is 13.1 Å². The Bertz CT molecular complexity index is 486. The Balaban J connectivity index is 1.80. The van der Waals surface area contributed by atoms with E-state index in [0.717, 1.165) is 12.8 Å². The number of carboxylic acid groups (broad SMARTS) is 1. The first kappa shape index (κ1) is 15.1. The van der Waals surface area contributed by atoms with Crippen molar-refractivity contribution in [3.63, 3.8) is 0 Å². The van der Waals surface area contributed by atoms with E-state index in [1.54, 1.807) is 0 Å². The lowest BCUT2D eigenvalue weighted by Gasteiger charge is -2.22. The van der Waals surface area contributed by atoms with Gasteiger partial charge in [0.1, 0.15) is 6.54 Å². The van der Waals surface area contributed by atoms with Crippen LogP contribution in [-0.4, -0.2) is 61.6 Å². The predicted molar refractivity (Wildman–Crippen MR) is 72.1 cm³/mol. The number of carboxylic acids is 1. The van der Waals surface area contributed by atoms with Crippen LogP contribution in [0, 0.1) is 11.8 Å². The molecule has 2 N–H and O–H groups in total. The van der Waals surface area contributed by atoms with E-state index in [1.165, 1.54) is 4.90 Å². The van der Waals surface area contributed by atoms with E-state index in [1.807, 2.05) is 0 Å². The summed E-state index contributed by atoms with van der Waals surface area (Å²) in [5, 5.41) is 11.5. The number of urea groups is 1. The summed E-state index contributed by atoms with van der Waals surface area (Å²) in [5.41, 5.74) is 0. The van der Waals surface area contributed by atoms with Gasteiger partial charge < -0.3 is 15.3 Å². The van der Waals surface area contributed by atoms with Crippen LogP contribution in [0.25, 0.3) is 0 Å². The molecule has 1 aliphatic heterocycles. The van der Waals surface area contributed by atoms with E-state index in [4.69, 9.17) is 5.11 Å². The molecule has 1 heterocycles. The summed E-state index contributed by atoms with van der Waals surface area (Å²) in [7, 11) is -2.95. The lowest BCUT2D eigenvalue weighted by atomic mass is 10.1. The number of nitrogens with zero attached hydrogens (tertiary/aromatic N) is 1. The molecule has 1 unspecified atom stereocenters. The quantitative estimate of drug-likeness (QED) is 0.714. The van der Waals surface area contributed by atoms with Crippen molar-refractivity contribution in [3.8, 4) is 0 Å². The van der Waals surface area contributed by atoms with Gasteiger partial charge >= 0.3 is 12.0 Å². The van der Waals surface area contributed by atoms with Gasteiger partial charge in [0.15, 0.2) is 9.84 Å². The zero-order valence-corrected chi connectivity index (χ0v) is 12.1. The van der Waals surface area contributed by atoms with Crippen molar-refractivity contribution < 1.29 is 23.1 Å². The third-order valence-corrected chi connectivity index (χ3v) is 5.49. The minimum atomic E-state index is -2.95. The Hall–Kier alpha value is -1.31. The van der Waals surface area contributed by atoms with E-state index in [2.05, 4.69) is 5.32 Å². The molecule has 2 rings (SSSR count). The molecule has 0 bridgehead atoms. The van der Waals surface area contributed by atoms with Crippen LogP contribution >= 0.6 is 0 Å². The molecule has 0 aromatic carbocycles. The van der Waals surface area contributed by atoms with Gasteiger partial charge in [-0.15, -0.1) is 0 Å². The van der Waals surface area contributed by atoms with Crippen molar-refractivity contribution in [2.45, 2.75) is 19.3 Å². The first-order chi connectivity index (χ1) is 9.35. The van der Waals surface area contributed by atoms with Crippen molar-refractivity contribution in [1.29, 1.82) is 0 Å². The van der Waals surface area contributed by atoms with E-state index in [9.17, 15) is 18.0 Å². The molecule has 0 spiro atoms. The fourth-order valence-corrected chi connectivity index (χ4v) is 4.23. The van der Waals surface area contributed by atoms with Crippen LogP contribution < -0.4 is 5.32 Å². The average molecular weight is 304 g/mol. The van der Waals surface area contributed by atoms with Crippen molar-refractivity contribution in [2.24, 2.45) is 11.8 Å². The van der Waals surface area contributed by atoms with E-state index >= 15 is 0 Å². The molecule has 1 saturated heterocycles. The highest BCUT2D eigenvalue weighted by Gasteiger charge is 2.30. The normalized spacial score (nSPS) is 24.3. The second-order valence-corrected chi connectivity index (χ2v) is 7.90. The number of hydrogen-bond acceptors (Lipinski definition) is 4. The Morgan fingerprint density at radius 3 is 2.40 bits per heavy atom. The summed E-state index contributed by atoms with van der Waals surface area (Å²) < 4.78 is 22.6. The number of amides is 2. The van der Waals surface area contributed by atoms with Crippen LogP contribution in [0.5, 0.6) is 0 Å². The van der Waals surface area contributed by atoms with Gasteiger partial charge in [-0.25, -0.2) is 13.2 Å². The molecule has 2 fully saturated rings. The SMILES string of the molecule is O=C(O)CN(CC1CC1)C(=O)NCC1CCS(=O)(=O)C1. The zero-order chi connectivity index (χ0) is 14.8. The molecular formula is C12H20N2O5S. The summed E-state index contributed by atoms with van der Waals surface area (Å²) in [5.74, 6) is -0.406. The smallest absolute Gasteiger partial charge is 0.323 e. The second-order valence-electron chi connectivity index (χ2n) is 5.67. The summed E-state index contributed by atoms with van der Waals surface area (Å²) >= 11 is 0. The van der Waals surface area contributed by atoms with Crippen molar-refractivity contribution >= 4 is 21.8 Å². The van der Waals surface area contributed by atoms with Crippen LogP contribution in [0.15, 0.2) is 0 Å². The fraction of sp³-hybridized carbons (Fsp3) is 0.833. The van der Waals surface area contributed by atoms with Gasteiger partial charge in [-0.3, -0.25) is 4.79 Å². The maximum absolute atomic E-state index is 12.0. The Labute approximate surface area is 118 Å². The Morgan fingerprint density at radius 2 is 1.90 bits per heavy atom.